The summed E-state index contributed by atoms with van der Waals surface area (Å²) in [5.41, 5.74) is 1.24. The summed E-state index contributed by atoms with van der Waals surface area (Å²) in [6, 6.07) is 10.3. The fourth-order valence-corrected chi connectivity index (χ4v) is 1.15. The van der Waals surface area contributed by atoms with Crippen molar-refractivity contribution in [1.82, 2.24) is 0 Å². The maximum absolute atomic E-state index is 3.64. The van der Waals surface area contributed by atoms with E-state index in [-0.39, 0.29) is 0 Å². The number of allylic oxidation sites excluding steroid dienone is 4. The summed E-state index contributed by atoms with van der Waals surface area (Å²) in [5.74, 6) is 0.452. The summed E-state index contributed by atoms with van der Waals surface area (Å²) in [4.78, 5) is 0. The van der Waals surface area contributed by atoms with Gasteiger partial charge in [0.2, 0.25) is 0 Å². The normalized spacial score (nSPS) is 13.5. The summed E-state index contributed by atoms with van der Waals surface area (Å²) in [5, 5.41) is 0. The molecule has 0 heteroatoms. The van der Waals surface area contributed by atoms with Crippen LogP contribution in [0.4, 0.5) is 0 Å². The minimum Gasteiger partial charge on any atom is -0.0991 e. The van der Waals surface area contributed by atoms with Crippen LogP contribution in [0.3, 0.4) is 0 Å². The van der Waals surface area contributed by atoms with Gasteiger partial charge >= 0.3 is 0 Å². The lowest BCUT2D eigenvalue weighted by Gasteiger charge is -1.96. The van der Waals surface area contributed by atoms with Gasteiger partial charge in [-0.25, -0.2) is 0 Å². The van der Waals surface area contributed by atoms with E-state index in [0.29, 0.717) is 5.92 Å². The van der Waals surface area contributed by atoms with Gasteiger partial charge in [-0.3, -0.25) is 0 Å². The second kappa shape index (κ2) is 5.98. The third-order valence-electron chi connectivity index (χ3n) is 1.94. The summed E-state index contributed by atoms with van der Waals surface area (Å²) in [6.07, 6.45) is 10.2. The van der Waals surface area contributed by atoms with Crippen LogP contribution in [0.25, 0.3) is 6.08 Å². The monoisotopic (exact) mass is 184 g/mol. The summed E-state index contributed by atoms with van der Waals surface area (Å²) >= 11 is 0. The van der Waals surface area contributed by atoms with E-state index in [9.17, 15) is 0 Å². The van der Waals surface area contributed by atoms with Crippen LogP contribution >= 0.6 is 0 Å². The van der Waals surface area contributed by atoms with Crippen molar-refractivity contribution in [3.63, 3.8) is 0 Å². The fourth-order valence-electron chi connectivity index (χ4n) is 1.15. The van der Waals surface area contributed by atoms with Crippen molar-refractivity contribution in [3.05, 3.63) is 66.8 Å². The predicted octanol–water partition coefficient (Wildman–Crippen LogP) is 4.08. The lowest BCUT2D eigenvalue weighted by Crippen LogP contribution is -1.80. The molecule has 0 fully saturated rings. The Balaban J connectivity index is 2.56. The van der Waals surface area contributed by atoms with Gasteiger partial charge < -0.3 is 0 Å². The number of hydrogen-bond donors (Lipinski definition) is 0. The van der Waals surface area contributed by atoms with E-state index in [1.807, 2.05) is 24.3 Å². The van der Waals surface area contributed by atoms with Crippen LogP contribution in [0.5, 0.6) is 0 Å². The number of benzene rings is 1. The SMILES string of the molecule is C=CC=CC(C)C=Cc1ccccc1. The predicted molar refractivity (Wildman–Crippen MR) is 64.0 cm³/mol. The van der Waals surface area contributed by atoms with Crippen molar-refractivity contribution in [2.24, 2.45) is 5.92 Å². The molecule has 0 N–H and O–H groups in total. The molecule has 0 aliphatic heterocycles. The second-order valence-corrected chi connectivity index (χ2v) is 3.25. The molecular weight excluding hydrogens is 168 g/mol. The smallest absolute Gasteiger partial charge is 0.00754 e. The van der Waals surface area contributed by atoms with E-state index >= 15 is 0 Å². The van der Waals surface area contributed by atoms with Gasteiger partial charge in [0, 0.05) is 0 Å². The molecule has 0 aliphatic carbocycles. The fraction of sp³-hybridized carbons (Fsp3) is 0.143. The Morgan fingerprint density at radius 3 is 2.50 bits per heavy atom. The molecule has 72 valence electrons. The highest BCUT2D eigenvalue weighted by atomic mass is 13.9. The Kier molecular flexibility index (Phi) is 4.49. The Morgan fingerprint density at radius 1 is 1.14 bits per heavy atom. The molecule has 1 aromatic rings. The summed E-state index contributed by atoms with van der Waals surface area (Å²) < 4.78 is 0. The molecule has 0 heterocycles. The molecule has 1 aromatic carbocycles. The quantitative estimate of drug-likeness (QED) is 0.618. The number of rotatable bonds is 4. The zero-order valence-corrected chi connectivity index (χ0v) is 8.56. The van der Waals surface area contributed by atoms with Gasteiger partial charge in [-0.15, -0.1) is 0 Å². The molecule has 1 atom stereocenters. The average Bonchev–Trinajstić information content (AvgIpc) is 2.25. The first kappa shape index (κ1) is 10.5. The zero-order valence-electron chi connectivity index (χ0n) is 8.56. The molecule has 0 amide bonds. The van der Waals surface area contributed by atoms with Crippen LogP contribution in [0.1, 0.15) is 12.5 Å². The first-order valence-electron chi connectivity index (χ1n) is 4.85. The molecule has 0 aliphatic rings. The molecule has 0 saturated heterocycles. The van der Waals surface area contributed by atoms with E-state index < -0.39 is 0 Å². The molecule has 14 heavy (non-hydrogen) atoms. The summed E-state index contributed by atoms with van der Waals surface area (Å²) in [6.45, 7) is 5.79. The van der Waals surface area contributed by atoms with E-state index in [2.05, 4.69) is 43.9 Å². The van der Waals surface area contributed by atoms with Gasteiger partial charge in [-0.2, -0.15) is 0 Å². The highest BCUT2D eigenvalue weighted by molar-refractivity contribution is 5.49. The lowest BCUT2D eigenvalue weighted by atomic mass is 10.1. The van der Waals surface area contributed by atoms with Gasteiger partial charge in [-0.1, -0.05) is 74.2 Å². The van der Waals surface area contributed by atoms with Crippen LogP contribution in [-0.2, 0) is 0 Å². The summed E-state index contributed by atoms with van der Waals surface area (Å²) in [7, 11) is 0. The Bertz CT molecular complexity index is 317. The van der Waals surface area contributed by atoms with Crippen LogP contribution in [-0.4, -0.2) is 0 Å². The Morgan fingerprint density at radius 2 is 1.86 bits per heavy atom. The van der Waals surface area contributed by atoms with E-state index in [0.717, 1.165) is 0 Å². The van der Waals surface area contributed by atoms with Crippen LogP contribution in [0.2, 0.25) is 0 Å². The molecular formula is C14H16. The highest BCUT2D eigenvalue weighted by Gasteiger charge is 1.88. The minimum absolute atomic E-state index is 0.452. The van der Waals surface area contributed by atoms with Gasteiger partial charge in [0.25, 0.3) is 0 Å². The van der Waals surface area contributed by atoms with Gasteiger partial charge in [0.1, 0.15) is 0 Å². The van der Waals surface area contributed by atoms with Crippen molar-refractivity contribution in [2.45, 2.75) is 6.92 Å². The molecule has 0 aromatic heterocycles. The molecule has 0 nitrogen and oxygen atoms in total. The van der Waals surface area contributed by atoms with Gasteiger partial charge in [0.15, 0.2) is 0 Å². The number of hydrogen-bond acceptors (Lipinski definition) is 0. The van der Waals surface area contributed by atoms with Crippen molar-refractivity contribution in [1.29, 1.82) is 0 Å². The van der Waals surface area contributed by atoms with Crippen molar-refractivity contribution >= 4 is 6.08 Å². The lowest BCUT2D eigenvalue weighted by molar-refractivity contribution is 0.946. The average molecular weight is 184 g/mol. The van der Waals surface area contributed by atoms with Crippen molar-refractivity contribution < 1.29 is 0 Å². The third-order valence-corrected chi connectivity index (χ3v) is 1.94. The topological polar surface area (TPSA) is 0 Å². The molecule has 0 saturated carbocycles. The van der Waals surface area contributed by atoms with Crippen molar-refractivity contribution in [2.75, 3.05) is 0 Å². The van der Waals surface area contributed by atoms with E-state index in [4.69, 9.17) is 0 Å². The molecule has 1 rings (SSSR count). The molecule has 0 bridgehead atoms. The van der Waals surface area contributed by atoms with Gasteiger partial charge in [0.05, 0.1) is 0 Å². The maximum Gasteiger partial charge on any atom is -0.00754 e. The van der Waals surface area contributed by atoms with E-state index in [1.54, 1.807) is 6.08 Å². The third kappa shape index (κ3) is 3.90. The first-order chi connectivity index (χ1) is 6.83. The zero-order chi connectivity index (χ0) is 10.2. The van der Waals surface area contributed by atoms with Crippen LogP contribution < -0.4 is 0 Å². The largest absolute Gasteiger partial charge is 0.0991 e. The Labute approximate surface area is 86.3 Å². The van der Waals surface area contributed by atoms with Crippen LogP contribution in [0, 0.1) is 5.92 Å². The minimum atomic E-state index is 0.452. The molecule has 0 spiro atoms. The highest BCUT2D eigenvalue weighted by Crippen LogP contribution is 2.06. The second-order valence-electron chi connectivity index (χ2n) is 3.25. The standard InChI is InChI=1S/C14H16/c1-3-4-8-13(2)11-12-14-9-6-5-7-10-14/h3-13H,1H2,2H3. The molecule has 1 unspecified atom stereocenters. The first-order valence-corrected chi connectivity index (χ1v) is 4.85. The maximum atomic E-state index is 3.64. The van der Waals surface area contributed by atoms with Gasteiger partial charge in [-0.05, 0) is 11.5 Å². The Hall–Kier alpha value is -1.56. The molecule has 0 radical (unpaired) electrons. The van der Waals surface area contributed by atoms with Crippen LogP contribution in [0.15, 0.2) is 61.2 Å². The van der Waals surface area contributed by atoms with E-state index in [1.165, 1.54) is 5.56 Å². The van der Waals surface area contributed by atoms with Crippen molar-refractivity contribution in [3.8, 4) is 0 Å².